The lowest BCUT2D eigenvalue weighted by molar-refractivity contribution is 0.0302. The normalized spacial score (nSPS) is 19.7. The molecular weight excluding hydrogens is 378 g/mol. The van der Waals surface area contributed by atoms with E-state index >= 15 is 0 Å². The summed E-state index contributed by atoms with van der Waals surface area (Å²) in [7, 11) is 1.70. The van der Waals surface area contributed by atoms with Gasteiger partial charge in [-0.2, -0.15) is 0 Å². The highest BCUT2D eigenvalue weighted by Crippen LogP contribution is 2.36. The Kier molecular flexibility index (Phi) is 5.69. The molecule has 2 aliphatic rings. The van der Waals surface area contributed by atoms with Crippen molar-refractivity contribution in [2.45, 2.75) is 12.3 Å². The highest BCUT2D eigenvalue weighted by molar-refractivity contribution is 6.33. The third-order valence-corrected chi connectivity index (χ3v) is 5.71. The summed E-state index contributed by atoms with van der Waals surface area (Å²) in [6, 6.07) is 9.87. The number of morpholine rings is 1. The Hall–Kier alpha value is -2.31. The van der Waals surface area contributed by atoms with E-state index in [1.807, 2.05) is 18.2 Å². The van der Waals surface area contributed by atoms with Crippen molar-refractivity contribution in [1.82, 2.24) is 9.88 Å². The summed E-state index contributed by atoms with van der Waals surface area (Å²) in [6.07, 6.45) is 2.64. The summed E-state index contributed by atoms with van der Waals surface area (Å²) in [6.45, 7) is 4.04. The molecule has 0 radical (unpaired) electrons. The minimum absolute atomic E-state index is 0.0439. The minimum atomic E-state index is -0.0439. The van der Waals surface area contributed by atoms with Crippen molar-refractivity contribution in [3.05, 3.63) is 52.7 Å². The van der Waals surface area contributed by atoms with Gasteiger partial charge < -0.3 is 19.3 Å². The molecule has 0 saturated carbocycles. The van der Waals surface area contributed by atoms with Crippen molar-refractivity contribution in [3.63, 3.8) is 0 Å². The lowest BCUT2D eigenvalue weighted by Crippen LogP contribution is -2.40. The average molecular weight is 402 g/mol. The molecule has 3 heterocycles. The lowest BCUT2D eigenvalue weighted by Gasteiger charge is -2.27. The maximum Gasteiger partial charge on any atom is 0.255 e. The Morgan fingerprint density at radius 2 is 2.04 bits per heavy atom. The fourth-order valence-corrected chi connectivity index (χ4v) is 4.23. The molecule has 1 unspecified atom stereocenters. The second-order valence-corrected chi connectivity index (χ2v) is 7.51. The molecule has 6 nitrogen and oxygen atoms in total. The Bertz CT molecular complexity index is 855. The van der Waals surface area contributed by atoms with E-state index in [9.17, 15) is 4.79 Å². The van der Waals surface area contributed by atoms with Crippen molar-refractivity contribution in [3.8, 4) is 5.75 Å². The molecule has 2 aromatic rings. The van der Waals surface area contributed by atoms with Crippen LogP contribution in [0.3, 0.4) is 0 Å². The third kappa shape index (κ3) is 3.80. The largest absolute Gasteiger partial charge is 0.496 e. The number of anilines is 1. The number of nitrogens with zero attached hydrogens (tertiary/aromatic N) is 3. The maximum atomic E-state index is 12.6. The first-order valence-electron chi connectivity index (χ1n) is 9.58. The van der Waals surface area contributed by atoms with E-state index in [4.69, 9.17) is 21.1 Å². The minimum Gasteiger partial charge on any atom is -0.496 e. The molecule has 1 amide bonds. The fourth-order valence-electron chi connectivity index (χ4n) is 3.94. The average Bonchev–Trinajstić information content (AvgIpc) is 3.23. The van der Waals surface area contributed by atoms with Crippen LogP contribution < -0.4 is 9.64 Å². The number of carbonyl (C=O) groups is 1. The topological polar surface area (TPSA) is 54.9 Å². The van der Waals surface area contributed by atoms with E-state index in [1.165, 1.54) is 5.56 Å². The predicted molar refractivity (Wildman–Crippen MR) is 109 cm³/mol. The van der Waals surface area contributed by atoms with Gasteiger partial charge in [-0.15, -0.1) is 0 Å². The molecule has 0 N–H and O–H groups in total. The number of carbonyl (C=O) groups excluding carboxylic acids is 1. The van der Waals surface area contributed by atoms with E-state index in [0.29, 0.717) is 42.8 Å². The summed E-state index contributed by atoms with van der Waals surface area (Å²) in [5, 5.41) is 0.514. The highest BCUT2D eigenvalue weighted by atomic mass is 35.5. The van der Waals surface area contributed by atoms with Gasteiger partial charge in [-0.05, 0) is 24.1 Å². The quantitative estimate of drug-likeness (QED) is 0.787. The first kappa shape index (κ1) is 19.0. The van der Waals surface area contributed by atoms with Crippen LogP contribution in [0.5, 0.6) is 5.75 Å². The zero-order valence-electron chi connectivity index (χ0n) is 15.9. The Balaban J connectivity index is 1.48. The molecule has 1 aromatic carbocycles. The van der Waals surface area contributed by atoms with Crippen molar-refractivity contribution >= 4 is 23.3 Å². The molecule has 0 spiro atoms. The van der Waals surface area contributed by atoms with Crippen LogP contribution >= 0.6 is 11.6 Å². The zero-order chi connectivity index (χ0) is 19.5. The molecule has 2 saturated heterocycles. The molecule has 4 rings (SSSR count). The summed E-state index contributed by atoms with van der Waals surface area (Å²) in [5.74, 6) is 1.97. The van der Waals surface area contributed by atoms with Crippen LogP contribution in [0.1, 0.15) is 28.3 Å². The van der Waals surface area contributed by atoms with Gasteiger partial charge in [0.2, 0.25) is 0 Å². The van der Waals surface area contributed by atoms with E-state index in [0.717, 1.165) is 31.1 Å². The molecule has 28 heavy (non-hydrogen) atoms. The van der Waals surface area contributed by atoms with E-state index in [1.54, 1.807) is 24.3 Å². The Labute approximate surface area is 170 Å². The van der Waals surface area contributed by atoms with Crippen LogP contribution in [-0.2, 0) is 4.74 Å². The van der Waals surface area contributed by atoms with Crippen molar-refractivity contribution < 1.29 is 14.3 Å². The SMILES string of the molecule is COc1ccccc1C1CCN(c2ncc(C(=O)N3CCOCC3)cc2Cl)C1. The van der Waals surface area contributed by atoms with Crippen LogP contribution in [0, 0.1) is 0 Å². The van der Waals surface area contributed by atoms with Gasteiger partial charge in [0.05, 0.1) is 30.9 Å². The monoisotopic (exact) mass is 401 g/mol. The molecule has 1 aromatic heterocycles. The summed E-state index contributed by atoms with van der Waals surface area (Å²) in [4.78, 5) is 21.1. The van der Waals surface area contributed by atoms with Crippen LogP contribution in [0.25, 0.3) is 0 Å². The number of pyridine rings is 1. The number of rotatable bonds is 4. The van der Waals surface area contributed by atoms with E-state index in [-0.39, 0.29) is 5.91 Å². The first-order valence-corrected chi connectivity index (χ1v) is 9.95. The predicted octanol–water partition coefficient (Wildman–Crippen LogP) is 3.21. The van der Waals surface area contributed by atoms with Crippen molar-refractivity contribution in [2.75, 3.05) is 51.4 Å². The second kappa shape index (κ2) is 8.37. The molecule has 1 atom stereocenters. The number of aromatic nitrogens is 1. The van der Waals surface area contributed by atoms with Crippen LogP contribution in [0.4, 0.5) is 5.82 Å². The summed E-state index contributed by atoms with van der Waals surface area (Å²) in [5.41, 5.74) is 1.74. The number of para-hydroxylation sites is 1. The third-order valence-electron chi connectivity index (χ3n) is 5.43. The number of benzene rings is 1. The van der Waals surface area contributed by atoms with Crippen LogP contribution in [0.2, 0.25) is 5.02 Å². The number of ether oxygens (including phenoxy) is 2. The highest BCUT2D eigenvalue weighted by Gasteiger charge is 2.28. The van der Waals surface area contributed by atoms with Gasteiger partial charge in [0.25, 0.3) is 5.91 Å². The lowest BCUT2D eigenvalue weighted by atomic mass is 9.97. The molecular formula is C21H24ClN3O3. The second-order valence-electron chi connectivity index (χ2n) is 7.11. The Morgan fingerprint density at radius 1 is 1.25 bits per heavy atom. The zero-order valence-corrected chi connectivity index (χ0v) is 16.7. The maximum absolute atomic E-state index is 12.6. The fraction of sp³-hybridized carbons (Fsp3) is 0.429. The van der Waals surface area contributed by atoms with Gasteiger partial charge in [0.1, 0.15) is 11.6 Å². The van der Waals surface area contributed by atoms with Gasteiger partial charge in [0.15, 0.2) is 0 Å². The van der Waals surface area contributed by atoms with Gasteiger partial charge in [0, 0.05) is 38.3 Å². The number of hydrogen-bond acceptors (Lipinski definition) is 5. The van der Waals surface area contributed by atoms with Crippen molar-refractivity contribution in [2.24, 2.45) is 0 Å². The summed E-state index contributed by atoms with van der Waals surface area (Å²) < 4.78 is 10.8. The van der Waals surface area contributed by atoms with Crippen molar-refractivity contribution in [1.29, 1.82) is 0 Å². The molecule has 2 fully saturated rings. The van der Waals surface area contributed by atoms with E-state index < -0.39 is 0 Å². The number of amides is 1. The number of hydrogen-bond donors (Lipinski definition) is 0. The smallest absolute Gasteiger partial charge is 0.255 e. The summed E-state index contributed by atoms with van der Waals surface area (Å²) >= 11 is 6.52. The molecule has 7 heteroatoms. The number of methoxy groups -OCH3 is 1. The van der Waals surface area contributed by atoms with Gasteiger partial charge in [-0.25, -0.2) is 4.98 Å². The molecule has 0 aliphatic carbocycles. The molecule has 0 bridgehead atoms. The van der Waals surface area contributed by atoms with Gasteiger partial charge in [-0.1, -0.05) is 29.8 Å². The Morgan fingerprint density at radius 3 is 2.79 bits per heavy atom. The van der Waals surface area contributed by atoms with Gasteiger partial charge in [-0.3, -0.25) is 4.79 Å². The molecule has 148 valence electrons. The number of halogens is 1. The molecule has 2 aliphatic heterocycles. The first-order chi connectivity index (χ1) is 13.7. The standard InChI is InChI=1S/C21H24ClN3O3/c1-27-19-5-3-2-4-17(19)15-6-7-25(14-15)20-18(22)12-16(13-23-20)21(26)24-8-10-28-11-9-24/h2-5,12-13,15H,6-11,14H2,1H3. The van der Waals surface area contributed by atoms with E-state index in [2.05, 4.69) is 16.0 Å². The van der Waals surface area contributed by atoms with Crippen LogP contribution in [0.15, 0.2) is 36.5 Å². The van der Waals surface area contributed by atoms with Crippen LogP contribution in [-0.4, -0.2) is 62.3 Å². The van der Waals surface area contributed by atoms with Gasteiger partial charge >= 0.3 is 0 Å².